The Morgan fingerprint density at radius 3 is 2.38 bits per heavy atom. The summed E-state index contributed by atoms with van der Waals surface area (Å²) >= 11 is 0. The van der Waals surface area contributed by atoms with Crippen LogP contribution in [0.3, 0.4) is 0 Å². The lowest BCUT2D eigenvalue weighted by Gasteiger charge is -2.18. The second-order valence-electron chi connectivity index (χ2n) is 6.51. The first kappa shape index (κ1) is 17.7. The molecule has 132 valence electrons. The van der Waals surface area contributed by atoms with Crippen LogP contribution in [-0.2, 0) is 6.54 Å². The largest absolute Gasteiger partial charge is 0.344 e. The van der Waals surface area contributed by atoms with Crippen LogP contribution in [0, 0.1) is 20.8 Å². The smallest absolute Gasteiger partial charge is 0.261 e. The monoisotopic (exact) mass is 346 g/mol. The Balaban J connectivity index is 1.97. The number of amides is 1. The molecule has 0 fully saturated rings. The van der Waals surface area contributed by atoms with Crippen molar-refractivity contribution in [1.82, 2.24) is 4.57 Å². The molecule has 1 aromatic heterocycles. The average Bonchev–Trinajstić information content (AvgIpc) is 2.59. The van der Waals surface area contributed by atoms with Gasteiger partial charge in [0, 0.05) is 29.7 Å². The van der Waals surface area contributed by atoms with Gasteiger partial charge in [0.1, 0.15) is 5.56 Å². The number of aromatic nitrogens is 1. The number of hydrogen-bond donors (Lipinski definition) is 1. The Labute approximate surface area is 153 Å². The summed E-state index contributed by atoms with van der Waals surface area (Å²) in [5, 5.41) is 2.84. The van der Waals surface area contributed by atoms with Gasteiger partial charge in [-0.05, 0) is 44.0 Å². The van der Waals surface area contributed by atoms with Gasteiger partial charge in [0.05, 0.1) is 0 Å². The molecule has 0 aliphatic heterocycles. The van der Waals surface area contributed by atoms with E-state index in [-0.39, 0.29) is 16.9 Å². The molecule has 0 bridgehead atoms. The van der Waals surface area contributed by atoms with Crippen LogP contribution in [0.5, 0.6) is 0 Å². The van der Waals surface area contributed by atoms with Crippen LogP contribution in [0.1, 0.15) is 32.9 Å². The number of anilines is 1. The minimum Gasteiger partial charge on any atom is -0.344 e. The molecule has 1 amide bonds. The molecule has 0 aliphatic carbocycles. The van der Waals surface area contributed by atoms with E-state index in [2.05, 4.69) is 5.32 Å². The Morgan fingerprint density at radius 2 is 1.69 bits per heavy atom. The van der Waals surface area contributed by atoms with Gasteiger partial charge in [-0.15, -0.1) is 0 Å². The molecular formula is C22H22N2O2. The highest BCUT2D eigenvalue weighted by Crippen LogP contribution is 2.15. The third-order valence-corrected chi connectivity index (χ3v) is 4.47. The lowest BCUT2D eigenvalue weighted by atomic mass is 10.1. The molecule has 26 heavy (non-hydrogen) atoms. The lowest BCUT2D eigenvalue weighted by Crippen LogP contribution is -2.27. The van der Waals surface area contributed by atoms with E-state index in [9.17, 15) is 9.59 Å². The van der Waals surface area contributed by atoms with Gasteiger partial charge in [-0.2, -0.15) is 0 Å². The molecule has 0 saturated carbocycles. The fourth-order valence-corrected chi connectivity index (χ4v) is 3.12. The summed E-state index contributed by atoms with van der Waals surface area (Å²) in [6, 6.07) is 19.0. The number of nitrogens with zero attached hydrogens (tertiary/aromatic N) is 1. The van der Waals surface area contributed by atoms with E-state index < -0.39 is 0 Å². The molecule has 0 unspecified atom stereocenters. The minimum absolute atomic E-state index is 0.188. The van der Waals surface area contributed by atoms with E-state index in [0.29, 0.717) is 17.9 Å². The van der Waals surface area contributed by atoms with Crippen molar-refractivity contribution in [2.75, 3.05) is 5.32 Å². The second kappa shape index (κ2) is 7.40. The van der Waals surface area contributed by atoms with Crippen LogP contribution in [0.15, 0.2) is 65.5 Å². The molecule has 4 nitrogen and oxygen atoms in total. The molecule has 2 aromatic carbocycles. The maximum absolute atomic E-state index is 12.8. The van der Waals surface area contributed by atoms with Crippen LogP contribution >= 0.6 is 0 Å². The van der Waals surface area contributed by atoms with Crippen molar-refractivity contribution in [2.24, 2.45) is 0 Å². The molecule has 0 atom stereocenters. The molecule has 3 aromatic rings. The van der Waals surface area contributed by atoms with Crippen molar-refractivity contribution in [3.8, 4) is 0 Å². The van der Waals surface area contributed by atoms with Gasteiger partial charge in [-0.1, -0.05) is 42.5 Å². The number of rotatable bonds is 4. The zero-order valence-corrected chi connectivity index (χ0v) is 15.2. The lowest BCUT2D eigenvalue weighted by molar-refractivity contribution is 0.102. The van der Waals surface area contributed by atoms with Crippen LogP contribution in [-0.4, -0.2) is 10.5 Å². The Bertz CT molecular complexity index is 1000. The van der Waals surface area contributed by atoms with Crippen LogP contribution in [0.2, 0.25) is 0 Å². The highest BCUT2D eigenvalue weighted by Gasteiger charge is 2.18. The summed E-state index contributed by atoms with van der Waals surface area (Å²) in [6.45, 7) is 6.28. The normalized spacial score (nSPS) is 10.6. The zero-order chi connectivity index (χ0) is 18.7. The van der Waals surface area contributed by atoms with E-state index >= 15 is 0 Å². The van der Waals surface area contributed by atoms with Crippen LogP contribution < -0.4 is 10.7 Å². The van der Waals surface area contributed by atoms with Gasteiger partial charge in [0.15, 0.2) is 5.43 Å². The van der Waals surface area contributed by atoms with Crippen LogP contribution in [0.4, 0.5) is 5.69 Å². The summed E-state index contributed by atoms with van der Waals surface area (Å²) in [5.41, 5.74) is 4.29. The molecule has 4 heteroatoms. The first-order valence-electron chi connectivity index (χ1n) is 8.58. The van der Waals surface area contributed by atoms with Crippen molar-refractivity contribution < 1.29 is 4.79 Å². The molecule has 0 radical (unpaired) electrons. The first-order chi connectivity index (χ1) is 12.5. The quantitative estimate of drug-likeness (QED) is 0.774. The van der Waals surface area contributed by atoms with E-state index in [1.165, 1.54) is 6.07 Å². The van der Waals surface area contributed by atoms with Crippen molar-refractivity contribution in [3.63, 3.8) is 0 Å². The summed E-state index contributed by atoms with van der Waals surface area (Å²) < 4.78 is 2.00. The minimum atomic E-state index is -0.375. The third-order valence-electron chi connectivity index (χ3n) is 4.47. The number of hydrogen-bond acceptors (Lipinski definition) is 2. The summed E-state index contributed by atoms with van der Waals surface area (Å²) in [5.74, 6) is -0.375. The predicted octanol–water partition coefficient (Wildman–Crippen LogP) is 4.07. The highest BCUT2D eigenvalue weighted by molar-refractivity contribution is 6.05. The van der Waals surface area contributed by atoms with Crippen molar-refractivity contribution >= 4 is 11.6 Å². The number of benzene rings is 2. The molecule has 0 spiro atoms. The van der Waals surface area contributed by atoms with Gasteiger partial charge in [0.25, 0.3) is 5.91 Å². The molecular weight excluding hydrogens is 324 g/mol. The highest BCUT2D eigenvalue weighted by atomic mass is 16.2. The van der Waals surface area contributed by atoms with Gasteiger partial charge < -0.3 is 9.88 Å². The summed E-state index contributed by atoms with van der Waals surface area (Å²) in [6.07, 6.45) is 0. The topological polar surface area (TPSA) is 51.1 Å². The molecule has 0 aliphatic rings. The zero-order valence-electron chi connectivity index (χ0n) is 15.2. The van der Waals surface area contributed by atoms with E-state index in [4.69, 9.17) is 0 Å². The maximum atomic E-state index is 12.8. The van der Waals surface area contributed by atoms with Crippen molar-refractivity contribution in [3.05, 3.63) is 99.0 Å². The molecule has 1 heterocycles. The first-order valence-corrected chi connectivity index (χ1v) is 8.58. The van der Waals surface area contributed by atoms with Gasteiger partial charge in [0.2, 0.25) is 0 Å². The predicted molar refractivity (Wildman–Crippen MR) is 105 cm³/mol. The summed E-state index contributed by atoms with van der Waals surface area (Å²) in [4.78, 5) is 25.2. The van der Waals surface area contributed by atoms with Crippen LogP contribution in [0.25, 0.3) is 0 Å². The number of aryl methyl sites for hydroxylation is 2. The number of carbonyl (C=O) groups is 1. The fourth-order valence-electron chi connectivity index (χ4n) is 3.12. The average molecular weight is 346 g/mol. The molecule has 3 rings (SSSR count). The number of carbonyl (C=O) groups excluding carboxylic acids is 1. The van der Waals surface area contributed by atoms with Gasteiger partial charge in [-0.25, -0.2) is 0 Å². The third kappa shape index (κ3) is 3.75. The summed E-state index contributed by atoms with van der Waals surface area (Å²) in [7, 11) is 0. The SMILES string of the molecule is Cc1cccc(NC(=O)c2c(C)n(Cc3ccccc3)c(C)cc2=O)c1. The van der Waals surface area contributed by atoms with Gasteiger partial charge >= 0.3 is 0 Å². The Morgan fingerprint density at radius 1 is 0.962 bits per heavy atom. The van der Waals surface area contributed by atoms with E-state index in [1.807, 2.05) is 79.9 Å². The number of nitrogens with one attached hydrogen (secondary N) is 1. The maximum Gasteiger partial charge on any atom is 0.261 e. The standard InChI is InChI=1S/C22H22N2O2/c1-15-8-7-11-19(12-15)23-22(26)21-17(3)24(16(2)13-20(21)25)14-18-9-5-4-6-10-18/h4-13H,14H2,1-3H3,(H,23,26). The van der Waals surface area contributed by atoms with E-state index in [1.54, 1.807) is 0 Å². The van der Waals surface area contributed by atoms with Crippen molar-refractivity contribution in [1.29, 1.82) is 0 Å². The van der Waals surface area contributed by atoms with Crippen molar-refractivity contribution in [2.45, 2.75) is 27.3 Å². The number of pyridine rings is 1. The molecule has 1 N–H and O–H groups in total. The second-order valence-corrected chi connectivity index (χ2v) is 6.51. The Hall–Kier alpha value is -3.14. The van der Waals surface area contributed by atoms with Gasteiger partial charge in [-0.3, -0.25) is 9.59 Å². The molecule has 0 saturated heterocycles. The van der Waals surface area contributed by atoms with E-state index in [0.717, 1.165) is 16.8 Å². The fraction of sp³-hybridized carbons (Fsp3) is 0.182. The Kier molecular flexibility index (Phi) is 5.03.